The predicted octanol–water partition coefficient (Wildman–Crippen LogP) is 2.65. The van der Waals surface area contributed by atoms with Gasteiger partial charge >= 0.3 is 0 Å². The van der Waals surface area contributed by atoms with Crippen molar-refractivity contribution in [2.75, 3.05) is 13.2 Å². The summed E-state index contributed by atoms with van der Waals surface area (Å²) >= 11 is 0. The minimum Gasteiger partial charge on any atom is -0.486 e. The van der Waals surface area contributed by atoms with Crippen LogP contribution in [0.5, 0.6) is 11.5 Å². The second-order valence-electron chi connectivity index (χ2n) is 5.72. The van der Waals surface area contributed by atoms with Crippen molar-refractivity contribution < 1.29 is 14.2 Å². The summed E-state index contributed by atoms with van der Waals surface area (Å²) in [7, 11) is 0. The van der Waals surface area contributed by atoms with Gasteiger partial charge in [-0.3, -0.25) is 0 Å². The van der Waals surface area contributed by atoms with Gasteiger partial charge in [0, 0.05) is 13.1 Å². The van der Waals surface area contributed by atoms with Gasteiger partial charge in [-0.25, -0.2) is 0 Å². The molecule has 0 amide bonds. The fourth-order valence-corrected chi connectivity index (χ4v) is 2.88. The van der Waals surface area contributed by atoms with Crippen LogP contribution in [0.15, 0.2) is 42.5 Å². The van der Waals surface area contributed by atoms with Crippen LogP contribution >= 0.6 is 0 Å². The lowest BCUT2D eigenvalue weighted by Gasteiger charge is -2.26. The van der Waals surface area contributed by atoms with Crippen LogP contribution in [-0.4, -0.2) is 19.3 Å². The molecule has 4 rings (SSSR count). The number of rotatable bonds is 4. The van der Waals surface area contributed by atoms with Crippen LogP contribution in [0, 0.1) is 0 Å². The Morgan fingerprint density at radius 3 is 2.82 bits per heavy atom. The fraction of sp³-hybridized carbons (Fsp3) is 0.333. The van der Waals surface area contributed by atoms with Gasteiger partial charge in [-0.15, -0.1) is 0 Å². The first-order chi connectivity index (χ1) is 10.9. The maximum atomic E-state index is 5.94. The molecule has 0 spiro atoms. The molecule has 114 valence electrons. The monoisotopic (exact) mass is 297 g/mol. The first-order valence-electron chi connectivity index (χ1n) is 7.66. The van der Waals surface area contributed by atoms with Crippen LogP contribution in [0.1, 0.15) is 16.7 Å². The van der Waals surface area contributed by atoms with Crippen molar-refractivity contribution in [2.45, 2.75) is 25.9 Å². The van der Waals surface area contributed by atoms with Gasteiger partial charge in [-0.1, -0.05) is 30.3 Å². The minimum atomic E-state index is 0.0488. The average Bonchev–Trinajstić information content (AvgIpc) is 3.02. The summed E-state index contributed by atoms with van der Waals surface area (Å²) < 4.78 is 17.1. The molecule has 0 bridgehead atoms. The molecular weight excluding hydrogens is 278 g/mol. The zero-order valence-electron chi connectivity index (χ0n) is 12.4. The molecular formula is C18H19NO3. The molecule has 4 heteroatoms. The van der Waals surface area contributed by atoms with Crippen LogP contribution in [0.3, 0.4) is 0 Å². The van der Waals surface area contributed by atoms with E-state index < -0.39 is 0 Å². The quantitative estimate of drug-likeness (QED) is 0.942. The van der Waals surface area contributed by atoms with Gasteiger partial charge in [0.1, 0.15) is 12.7 Å². The number of benzene rings is 2. The normalized spacial score (nSPS) is 19.0. The first-order valence-corrected chi connectivity index (χ1v) is 7.66. The van der Waals surface area contributed by atoms with Gasteiger partial charge in [-0.05, 0) is 28.8 Å². The summed E-state index contributed by atoms with van der Waals surface area (Å²) in [6, 6.07) is 14.4. The third-order valence-electron chi connectivity index (χ3n) is 4.05. The average molecular weight is 297 g/mol. The summed E-state index contributed by atoms with van der Waals surface area (Å²) in [5, 5.41) is 3.45. The van der Waals surface area contributed by atoms with Gasteiger partial charge in [0.15, 0.2) is 11.5 Å². The highest BCUT2D eigenvalue weighted by molar-refractivity contribution is 5.40. The van der Waals surface area contributed by atoms with Crippen LogP contribution < -0.4 is 14.8 Å². The van der Waals surface area contributed by atoms with Crippen molar-refractivity contribution in [1.82, 2.24) is 5.32 Å². The van der Waals surface area contributed by atoms with Crippen molar-refractivity contribution in [3.63, 3.8) is 0 Å². The molecule has 1 unspecified atom stereocenters. The van der Waals surface area contributed by atoms with E-state index in [1.54, 1.807) is 0 Å². The Morgan fingerprint density at radius 2 is 1.86 bits per heavy atom. The first kappa shape index (κ1) is 13.6. The Kier molecular flexibility index (Phi) is 3.70. The van der Waals surface area contributed by atoms with E-state index in [-0.39, 0.29) is 6.10 Å². The topological polar surface area (TPSA) is 39.7 Å². The van der Waals surface area contributed by atoms with E-state index in [4.69, 9.17) is 14.2 Å². The zero-order chi connectivity index (χ0) is 14.8. The molecule has 0 aromatic heterocycles. The van der Waals surface area contributed by atoms with E-state index in [9.17, 15) is 0 Å². The van der Waals surface area contributed by atoms with Gasteiger partial charge in [0.25, 0.3) is 0 Å². The second kappa shape index (κ2) is 5.99. The standard InChI is InChI=1S/C18H19NO3/c1-2-4-18-17(3-1)21-12-16(22-18)9-19-8-13-5-6-14-10-20-11-15(14)7-13/h1-7,16,19H,8-12H2. The van der Waals surface area contributed by atoms with Crippen LogP contribution in [0.4, 0.5) is 0 Å². The molecule has 0 aliphatic carbocycles. The predicted molar refractivity (Wildman–Crippen MR) is 83.0 cm³/mol. The molecule has 22 heavy (non-hydrogen) atoms. The van der Waals surface area contributed by atoms with Crippen molar-refractivity contribution in [2.24, 2.45) is 0 Å². The van der Waals surface area contributed by atoms with Crippen LogP contribution in [0.2, 0.25) is 0 Å². The Labute approximate surface area is 130 Å². The zero-order valence-corrected chi connectivity index (χ0v) is 12.4. The van der Waals surface area contributed by atoms with Crippen molar-refractivity contribution in [3.05, 3.63) is 59.2 Å². The highest BCUT2D eigenvalue weighted by Crippen LogP contribution is 2.30. The Morgan fingerprint density at radius 1 is 1.00 bits per heavy atom. The number of para-hydroxylation sites is 2. The summed E-state index contributed by atoms with van der Waals surface area (Å²) in [6.07, 6.45) is 0.0488. The summed E-state index contributed by atoms with van der Waals surface area (Å²) in [4.78, 5) is 0. The van der Waals surface area contributed by atoms with E-state index in [0.29, 0.717) is 6.61 Å². The smallest absolute Gasteiger partial charge is 0.161 e. The number of fused-ring (bicyclic) bond motifs is 2. The third kappa shape index (κ3) is 2.80. The maximum absolute atomic E-state index is 5.94. The highest BCUT2D eigenvalue weighted by Gasteiger charge is 2.20. The number of ether oxygens (including phenoxy) is 3. The minimum absolute atomic E-state index is 0.0488. The lowest BCUT2D eigenvalue weighted by atomic mass is 10.1. The third-order valence-corrected chi connectivity index (χ3v) is 4.05. The molecule has 4 nitrogen and oxygen atoms in total. The Balaban J connectivity index is 1.31. The van der Waals surface area contributed by atoms with Gasteiger partial charge in [0.05, 0.1) is 13.2 Å². The molecule has 2 aromatic rings. The van der Waals surface area contributed by atoms with E-state index in [0.717, 1.165) is 37.8 Å². The molecule has 1 atom stereocenters. The van der Waals surface area contributed by atoms with Crippen LogP contribution in [0.25, 0.3) is 0 Å². The van der Waals surface area contributed by atoms with E-state index in [1.165, 1.54) is 16.7 Å². The highest BCUT2D eigenvalue weighted by atomic mass is 16.6. The van der Waals surface area contributed by atoms with Crippen LogP contribution in [-0.2, 0) is 24.5 Å². The number of nitrogens with one attached hydrogen (secondary N) is 1. The van der Waals surface area contributed by atoms with Crippen molar-refractivity contribution in [1.29, 1.82) is 0 Å². The number of hydrogen-bond acceptors (Lipinski definition) is 4. The number of hydrogen-bond donors (Lipinski definition) is 1. The van der Waals surface area contributed by atoms with Gasteiger partial charge in [-0.2, -0.15) is 0 Å². The molecule has 2 aliphatic rings. The lowest BCUT2D eigenvalue weighted by Crippen LogP contribution is -2.38. The molecule has 2 aliphatic heterocycles. The second-order valence-corrected chi connectivity index (χ2v) is 5.72. The van der Waals surface area contributed by atoms with Crippen molar-refractivity contribution in [3.8, 4) is 11.5 Å². The SMILES string of the molecule is c1ccc2c(c1)OCC(CNCc1ccc3c(c1)COC3)O2. The summed E-state index contributed by atoms with van der Waals surface area (Å²) in [5.41, 5.74) is 3.90. The Hall–Kier alpha value is -2.04. The Bertz CT molecular complexity index is 671. The summed E-state index contributed by atoms with van der Waals surface area (Å²) in [5.74, 6) is 1.66. The van der Waals surface area contributed by atoms with E-state index >= 15 is 0 Å². The molecule has 0 saturated heterocycles. The van der Waals surface area contributed by atoms with E-state index in [1.807, 2.05) is 24.3 Å². The van der Waals surface area contributed by atoms with E-state index in [2.05, 4.69) is 23.5 Å². The fourth-order valence-electron chi connectivity index (χ4n) is 2.88. The molecule has 2 heterocycles. The summed E-state index contributed by atoms with van der Waals surface area (Å²) in [6.45, 7) is 3.66. The van der Waals surface area contributed by atoms with Gasteiger partial charge < -0.3 is 19.5 Å². The van der Waals surface area contributed by atoms with Gasteiger partial charge in [0.2, 0.25) is 0 Å². The molecule has 1 N–H and O–H groups in total. The largest absolute Gasteiger partial charge is 0.486 e. The lowest BCUT2D eigenvalue weighted by molar-refractivity contribution is 0.0902. The van der Waals surface area contributed by atoms with Crippen molar-refractivity contribution >= 4 is 0 Å². The molecule has 2 aromatic carbocycles. The molecule has 0 fully saturated rings. The molecule has 0 radical (unpaired) electrons. The molecule has 0 saturated carbocycles. The maximum Gasteiger partial charge on any atom is 0.161 e.